The summed E-state index contributed by atoms with van der Waals surface area (Å²) in [5, 5.41) is 17.2. The van der Waals surface area contributed by atoms with Gasteiger partial charge in [-0.2, -0.15) is 0 Å². The first-order chi connectivity index (χ1) is 11.7. The summed E-state index contributed by atoms with van der Waals surface area (Å²) >= 11 is 0. The molecule has 2 saturated carbocycles. The molecule has 24 heavy (non-hydrogen) atoms. The number of rotatable bonds is 5. The third kappa shape index (κ3) is 3.22. The van der Waals surface area contributed by atoms with Crippen LogP contribution in [0.25, 0.3) is 10.9 Å². The van der Waals surface area contributed by atoms with Gasteiger partial charge in [0.25, 0.3) is 5.91 Å². The second kappa shape index (κ2) is 6.40. The highest BCUT2D eigenvalue weighted by Crippen LogP contribution is 2.27. The second-order valence-corrected chi connectivity index (χ2v) is 6.96. The van der Waals surface area contributed by atoms with Crippen LogP contribution in [0.1, 0.15) is 42.5 Å². The van der Waals surface area contributed by atoms with Crippen molar-refractivity contribution in [2.75, 3.05) is 11.9 Å². The van der Waals surface area contributed by atoms with Crippen molar-refractivity contribution in [1.82, 2.24) is 10.3 Å². The van der Waals surface area contributed by atoms with Gasteiger partial charge in [-0.3, -0.25) is 4.79 Å². The zero-order valence-electron chi connectivity index (χ0n) is 13.7. The highest BCUT2D eigenvalue weighted by atomic mass is 16.3. The number of nitrogens with zero attached hydrogens (tertiary/aromatic N) is 1. The average molecular weight is 325 g/mol. The van der Waals surface area contributed by atoms with E-state index in [1.807, 2.05) is 30.3 Å². The van der Waals surface area contributed by atoms with Crippen molar-refractivity contribution >= 4 is 22.6 Å². The Bertz CT molecular complexity index is 757. The van der Waals surface area contributed by atoms with E-state index >= 15 is 0 Å². The number of carbonyl (C=O) groups excluding carboxylic acids is 1. The zero-order valence-corrected chi connectivity index (χ0v) is 13.7. The number of hydrogen-bond acceptors (Lipinski definition) is 4. The third-order valence-corrected chi connectivity index (χ3v) is 5.04. The Hall–Kier alpha value is -2.14. The molecule has 5 nitrogen and oxygen atoms in total. The van der Waals surface area contributed by atoms with Crippen molar-refractivity contribution in [1.29, 1.82) is 0 Å². The van der Waals surface area contributed by atoms with E-state index in [4.69, 9.17) is 0 Å². The molecule has 126 valence electrons. The lowest BCUT2D eigenvalue weighted by atomic mass is 10.1. The number of nitrogens with one attached hydrogen (secondary N) is 2. The second-order valence-electron chi connectivity index (χ2n) is 6.96. The Morgan fingerprint density at radius 2 is 2.04 bits per heavy atom. The first-order valence-electron chi connectivity index (χ1n) is 8.83. The van der Waals surface area contributed by atoms with Crippen molar-refractivity contribution in [3.05, 3.63) is 35.9 Å². The number of benzene rings is 1. The average Bonchev–Trinajstić information content (AvgIpc) is 3.31. The molecular formula is C19H23N3O2. The number of pyridine rings is 1. The number of aromatic nitrogens is 1. The summed E-state index contributed by atoms with van der Waals surface area (Å²) in [5.41, 5.74) is 1.48. The molecule has 5 heteroatoms. The number of aliphatic hydroxyl groups is 1. The van der Waals surface area contributed by atoms with Gasteiger partial charge in [0.1, 0.15) is 5.82 Å². The van der Waals surface area contributed by atoms with Crippen LogP contribution in [0.15, 0.2) is 30.3 Å². The number of fused-ring (bicyclic) bond motifs is 1. The Balaban J connectivity index is 1.59. The van der Waals surface area contributed by atoms with E-state index in [1.54, 1.807) is 0 Å². The fraction of sp³-hybridized carbons (Fsp3) is 0.474. The summed E-state index contributed by atoms with van der Waals surface area (Å²) in [6.07, 6.45) is 4.91. The van der Waals surface area contributed by atoms with E-state index in [9.17, 15) is 9.90 Å². The smallest absolute Gasteiger partial charge is 0.252 e. The Morgan fingerprint density at radius 3 is 2.79 bits per heavy atom. The van der Waals surface area contributed by atoms with Crippen LogP contribution < -0.4 is 10.6 Å². The van der Waals surface area contributed by atoms with Crippen LogP contribution in [0, 0.1) is 5.92 Å². The molecule has 1 amide bonds. The minimum absolute atomic E-state index is 0.0277. The quantitative estimate of drug-likeness (QED) is 0.790. The Morgan fingerprint density at radius 1 is 1.21 bits per heavy atom. The maximum atomic E-state index is 12.6. The van der Waals surface area contributed by atoms with E-state index < -0.39 is 0 Å². The first-order valence-corrected chi connectivity index (χ1v) is 8.83. The van der Waals surface area contributed by atoms with Crippen LogP contribution >= 0.6 is 0 Å². The maximum Gasteiger partial charge on any atom is 0.252 e. The van der Waals surface area contributed by atoms with Gasteiger partial charge in [-0.1, -0.05) is 24.6 Å². The van der Waals surface area contributed by atoms with Crippen LogP contribution in [0.5, 0.6) is 0 Å². The highest BCUT2D eigenvalue weighted by molar-refractivity contribution is 6.07. The van der Waals surface area contributed by atoms with Crippen LogP contribution in [0.3, 0.4) is 0 Å². The topological polar surface area (TPSA) is 74.2 Å². The molecule has 2 aliphatic carbocycles. The van der Waals surface area contributed by atoms with Crippen molar-refractivity contribution < 1.29 is 9.90 Å². The monoisotopic (exact) mass is 325 g/mol. The van der Waals surface area contributed by atoms with Crippen LogP contribution in [-0.4, -0.2) is 34.7 Å². The van der Waals surface area contributed by atoms with Crippen molar-refractivity contribution in [3.8, 4) is 0 Å². The van der Waals surface area contributed by atoms with Crippen molar-refractivity contribution in [3.63, 3.8) is 0 Å². The molecule has 0 saturated heterocycles. The third-order valence-electron chi connectivity index (χ3n) is 5.04. The lowest BCUT2D eigenvalue weighted by Gasteiger charge is -2.16. The fourth-order valence-electron chi connectivity index (χ4n) is 3.44. The molecule has 2 aliphatic rings. The molecule has 1 aromatic carbocycles. The molecular weight excluding hydrogens is 302 g/mol. The fourth-order valence-corrected chi connectivity index (χ4v) is 3.44. The predicted octanol–water partition coefficient (Wildman–Crippen LogP) is 2.70. The zero-order chi connectivity index (χ0) is 16.5. The van der Waals surface area contributed by atoms with Crippen LogP contribution in [-0.2, 0) is 0 Å². The molecule has 4 rings (SSSR count). The van der Waals surface area contributed by atoms with E-state index in [0.29, 0.717) is 24.0 Å². The molecule has 2 atom stereocenters. The lowest BCUT2D eigenvalue weighted by Crippen LogP contribution is -2.26. The van der Waals surface area contributed by atoms with Crippen molar-refractivity contribution in [2.45, 2.75) is 44.2 Å². The normalized spacial score (nSPS) is 23.4. The van der Waals surface area contributed by atoms with Gasteiger partial charge in [0.05, 0.1) is 17.2 Å². The van der Waals surface area contributed by atoms with Crippen LogP contribution in [0.4, 0.5) is 5.82 Å². The summed E-state index contributed by atoms with van der Waals surface area (Å²) in [7, 11) is 0. The molecule has 3 N–H and O–H groups in total. The van der Waals surface area contributed by atoms with Gasteiger partial charge in [0.2, 0.25) is 0 Å². The van der Waals surface area contributed by atoms with Gasteiger partial charge >= 0.3 is 0 Å². The van der Waals surface area contributed by atoms with Gasteiger partial charge in [-0.25, -0.2) is 4.98 Å². The number of para-hydroxylation sites is 1. The van der Waals surface area contributed by atoms with Gasteiger partial charge in [-0.05, 0) is 37.8 Å². The molecule has 2 aromatic rings. The minimum atomic E-state index is -0.226. The number of anilines is 1. The molecule has 1 aromatic heterocycles. The van der Waals surface area contributed by atoms with Gasteiger partial charge < -0.3 is 15.7 Å². The van der Waals surface area contributed by atoms with Gasteiger partial charge in [0, 0.05) is 23.9 Å². The molecule has 2 fully saturated rings. The number of carbonyl (C=O) groups is 1. The summed E-state index contributed by atoms with van der Waals surface area (Å²) in [6, 6.07) is 9.89. The largest absolute Gasteiger partial charge is 0.393 e. The van der Waals surface area contributed by atoms with E-state index in [1.165, 1.54) is 0 Å². The summed E-state index contributed by atoms with van der Waals surface area (Å²) in [4.78, 5) is 17.2. The summed E-state index contributed by atoms with van der Waals surface area (Å²) < 4.78 is 0. The molecule has 0 bridgehead atoms. The van der Waals surface area contributed by atoms with E-state index in [2.05, 4.69) is 15.6 Å². The highest BCUT2D eigenvalue weighted by Gasteiger charge is 2.26. The molecule has 0 unspecified atom stereocenters. The molecule has 0 spiro atoms. The molecule has 0 radical (unpaired) electrons. The standard InChI is InChI=1S/C19H23N3O2/c23-17-7-3-4-12(17)11-20-18-10-15(19(24)21-13-8-9-13)14-5-1-2-6-16(14)22-18/h1-2,5-6,10,12-13,17,23H,3-4,7-9,11H2,(H,20,22)(H,21,24)/t12-,17-/m1/s1. The van der Waals surface area contributed by atoms with Gasteiger partial charge in [0.15, 0.2) is 0 Å². The maximum absolute atomic E-state index is 12.6. The summed E-state index contributed by atoms with van der Waals surface area (Å²) in [6.45, 7) is 0.691. The molecule has 0 aliphatic heterocycles. The van der Waals surface area contributed by atoms with E-state index in [-0.39, 0.29) is 17.9 Å². The van der Waals surface area contributed by atoms with Crippen molar-refractivity contribution in [2.24, 2.45) is 5.92 Å². The molecule has 1 heterocycles. The SMILES string of the molecule is O=C(NC1CC1)c1cc(NC[C@H]2CCC[C@H]2O)nc2ccccc12. The Labute approximate surface area is 141 Å². The number of aliphatic hydroxyl groups excluding tert-OH is 1. The van der Waals surface area contributed by atoms with Gasteiger partial charge in [-0.15, -0.1) is 0 Å². The summed E-state index contributed by atoms with van der Waals surface area (Å²) in [5.74, 6) is 0.941. The lowest BCUT2D eigenvalue weighted by molar-refractivity contribution is 0.0952. The minimum Gasteiger partial charge on any atom is -0.393 e. The Kier molecular flexibility index (Phi) is 4.10. The number of amides is 1. The number of hydrogen-bond donors (Lipinski definition) is 3. The van der Waals surface area contributed by atoms with Crippen LogP contribution in [0.2, 0.25) is 0 Å². The predicted molar refractivity (Wildman–Crippen MR) is 94.1 cm³/mol. The first kappa shape index (κ1) is 15.4. The van der Waals surface area contributed by atoms with E-state index in [0.717, 1.165) is 43.0 Å².